The van der Waals surface area contributed by atoms with E-state index in [0.29, 0.717) is 42.4 Å². The monoisotopic (exact) mass is 418 g/mol. The molecule has 1 aliphatic heterocycles. The van der Waals surface area contributed by atoms with E-state index in [0.717, 1.165) is 12.0 Å². The lowest BCUT2D eigenvalue weighted by molar-refractivity contribution is 0.0508. The highest BCUT2D eigenvalue weighted by molar-refractivity contribution is 5.91. The summed E-state index contributed by atoms with van der Waals surface area (Å²) in [7, 11) is 0. The summed E-state index contributed by atoms with van der Waals surface area (Å²) in [6.07, 6.45) is 1.42. The second kappa shape index (κ2) is 9.56. The van der Waals surface area contributed by atoms with Gasteiger partial charge in [-0.05, 0) is 37.1 Å². The maximum Gasteiger partial charge on any atom is 0.338 e. The van der Waals surface area contributed by atoms with Crippen molar-refractivity contribution in [1.29, 1.82) is 0 Å². The first-order chi connectivity index (χ1) is 15.1. The van der Waals surface area contributed by atoms with Crippen molar-refractivity contribution in [3.63, 3.8) is 0 Å². The third-order valence-corrected chi connectivity index (χ3v) is 5.11. The SMILES string of the molecule is Cc1cccc(CCOC(=O)c2cc(OCCc3cccc(C)c3)c3c(c2)OCO3)c1. The van der Waals surface area contributed by atoms with E-state index in [1.165, 1.54) is 16.7 Å². The Morgan fingerprint density at radius 3 is 2.23 bits per heavy atom. The van der Waals surface area contributed by atoms with E-state index >= 15 is 0 Å². The normalized spacial score (nSPS) is 11.9. The van der Waals surface area contributed by atoms with Crippen LogP contribution in [0.1, 0.15) is 32.6 Å². The second-order valence-corrected chi connectivity index (χ2v) is 7.67. The van der Waals surface area contributed by atoms with Crippen LogP contribution in [0, 0.1) is 13.8 Å². The Hall–Kier alpha value is -3.47. The highest BCUT2D eigenvalue weighted by Gasteiger charge is 2.23. The molecule has 3 aromatic carbocycles. The van der Waals surface area contributed by atoms with E-state index < -0.39 is 5.97 Å². The van der Waals surface area contributed by atoms with Crippen LogP contribution in [0.5, 0.6) is 17.2 Å². The molecule has 0 saturated heterocycles. The summed E-state index contributed by atoms with van der Waals surface area (Å²) in [5.41, 5.74) is 5.12. The summed E-state index contributed by atoms with van der Waals surface area (Å²) < 4.78 is 22.5. The van der Waals surface area contributed by atoms with E-state index in [-0.39, 0.29) is 6.79 Å². The topological polar surface area (TPSA) is 54.0 Å². The number of hydrogen-bond donors (Lipinski definition) is 0. The number of hydrogen-bond acceptors (Lipinski definition) is 5. The first-order valence-corrected chi connectivity index (χ1v) is 10.4. The molecule has 160 valence electrons. The molecule has 5 heteroatoms. The van der Waals surface area contributed by atoms with Crippen molar-refractivity contribution < 1.29 is 23.7 Å². The Bertz CT molecular complexity index is 1070. The van der Waals surface area contributed by atoms with E-state index in [1.807, 2.05) is 31.2 Å². The summed E-state index contributed by atoms with van der Waals surface area (Å²) in [6.45, 7) is 4.99. The fourth-order valence-electron chi connectivity index (χ4n) is 3.56. The molecular weight excluding hydrogens is 392 g/mol. The summed E-state index contributed by atoms with van der Waals surface area (Å²) >= 11 is 0. The van der Waals surface area contributed by atoms with Crippen LogP contribution in [-0.2, 0) is 17.6 Å². The number of carbonyl (C=O) groups is 1. The highest BCUT2D eigenvalue weighted by Crippen LogP contribution is 2.42. The predicted octanol–water partition coefficient (Wildman–Crippen LogP) is 5.05. The minimum atomic E-state index is -0.408. The van der Waals surface area contributed by atoms with Gasteiger partial charge in [0.1, 0.15) is 0 Å². The third kappa shape index (κ3) is 5.37. The van der Waals surface area contributed by atoms with Gasteiger partial charge in [0.2, 0.25) is 12.5 Å². The Kier molecular flexibility index (Phi) is 6.41. The first-order valence-electron chi connectivity index (χ1n) is 10.4. The molecule has 0 amide bonds. The van der Waals surface area contributed by atoms with Crippen molar-refractivity contribution in [1.82, 2.24) is 0 Å². The maximum atomic E-state index is 12.6. The third-order valence-electron chi connectivity index (χ3n) is 5.11. The van der Waals surface area contributed by atoms with Crippen molar-refractivity contribution in [2.45, 2.75) is 26.7 Å². The number of esters is 1. The van der Waals surface area contributed by atoms with Crippen LogP contribution in [0.3, 0.4) is 0 Å². The lowest BCUT2D eigenvalue weighted by Gasteiger charge is -2.12. The van der Waals surface area contributed by atoms with Gasteiger partial charge in [0.05, 0.1) is 18.8 Å². The van der Waals surface area contributed by atoms with Gasteiger partial charge in [-0.25, -0.2) is 4.79 Å². The van der Waals surface area contributed by atoms with Gasteiger partial charge in [-0.3, -0.25) is 0 Å². The van der Waals surface area contributed by atoms with Crippen LogP contribution in [0.25, 0.3) is 0 Å². The number of benzene rings is 3. The van der Waals surface area contributed by atoms with Crippen molar-refractivity contribution in [3.05, 3.63) is 88.5 Å². The van der Waals surface area contributed by atoms with Gasteiger partial charge in [0, 0.05) is 12.8 Å². The highest BCUT2D eigenvalue weighted by atomic mass is 16.7. The molecule has 0 N–H and O–H groups in total. The molecule has 0 saturated carbocycles. The summed E-state index contributed by atoms with van der Waals surface area (Å²) in [6, 6.07) is 19.8. The number of aryl methyl sites for hydroxylation is 2. The standard InChI is InChI=1S/C26H26O5/c1-18-5-3-7-20(13-18)9-11-28-23-15-22(16-24-25(23)31-17-30-24)26(27)29-12-10-21-8-4-6-19(2)14-21/h3-8,13-16H,9-12,17H2,1-2H3. The van der Waals surface area contributed by atoms with Crippen LogP contribution >= 0.6 is 0 Å². The molecule has 31 heavy (non-hydrogen) atoms. The Labute approximate surface area is 182 Å². The molecule has 0 radical (unpaired) electrons. The van der Waals surface area contributed by atoms with Crippen molar-refractivity contribution in [2.24, 2.45) is 0 Å². The zero-order chi connectivity index (χ0) is 21.6. The Balaban J connectivity index is 1.39. The van der Waals surface area contributed by atoms with Gasteiger partial charge in [0.15, 0.2) is 11.5 Å². The molecular formula is C26H26O5. The van der Waals surface area contributed by atoms with Crippen LogP contribution < -0.4 is 14.2 Å². The molecule has 0 unspecified atom stereocenters. The van der Waals surface area contributed by atoms with E-state index in [1.54, 1.807) is 12.1 Å². The molecule has 4 rings (SSSR count). The Morgan fingerprint density at radius 1 is 0.871 bits per heavy atom. The largest absolute Gasteiger partial charge is 0.489 e. The van der Waals surface area contributed by atoms with Crippen molar-refractivity contribution >= 4 is 5.97 Å². The fraction of sp³-hybridized carbons (Fsp3) is 0.269. The summed E-state index contributed by atoms with van der Waals surface area (Å²) in [4.78, 5) is 12.6. The smallest absolute Gasteiger partial charge is 0.338 e. The molecule has 0 aromatic heterocycles. The average Bonchev–Trinajstić information content (AvgIpc) is 3.23. The minimum absolute atomic E-state index is 0.107. The van der Waals surface area contributed by atoms with Gasteiger partial charge in [-0.2, -0.15) is 0 Å². The second-order valence-electron chi connectivity index (χ2n) is 7.67. The number of carbonyl (C=O) groups excluding carboxylic acids is 1. The Morgan fingerprint density at radius 2 is 1.55 bits per heavy atom. The van der Waals surface area contributed by atoms with Crippen LogP contribution in [-0.4, -0.2) is 26.0 Å². The van der Waals surface area contributed by atoms with Gasteiger partial charge >= 0.3 is 5.97 Å². The van der Waals surface area contributed by atoms with Crippen LogP contribution in [0.4, 0.5) is 0 Å². The van der Waals surface area contributed by atoms with Crippen LogP contribution in [0.2, 0.25) is 0 Å². The van der Waals surface area contributed by atoms with Gasteiger partial charge in [-0.1, -0.05) is 59.7 Å². The summed E-state index contributed by atoms with van der Waals surface area (Å²) in [5, 5.41) is 0. The molecule has 0 aliphatic carbocycles. The fourth-order valence-corrected chi connectivity index (χ4v) is 3.56. The zero-order valence-corrected chi connectivity index (χ0v) is 17.9. The molecule has 0 spiro atoms. The molecule has 5 nitrogen and oxygen atoms in total. The number of fused-ring (bicyclic) bond motifs is 1. The molecule has 1 aliphatic rings. The molecule has 0 atom stereocenters. The van der Waals surface area contributed by atoms with Crippen molar-refractivity contribution in [2.75, 3.05) is 20.0 Å². The minimum Gasteiger partial charge on any atom is -0.489 e. The quantitative estimate of drug-likeness (QED) is 0.479. The van der Waals surface area contributed by atoms with Gasteiger partial charge in [0.25, 0.3) is 0 Å². The van der Waals surface area contributed by atoms with Gasteiger partial charge < -0.3 is 18.9 Å². The predicted molar refractivity (Wildman–Crippen MR) is 118 cm³/mol. The molecule has 0 fully saturated rings. The number of rotatable bonds is 8. The van der Waals surface area contributed by atoms with Gasteiger partial charge in [-0.15, -0.1) is 0 Å². The number of ether oxygens (including phenoxy) is 4. The van der Waals surface area contributed by atoms with E-state index in [4.69, 9.17) is 18.9 Å². The summed E-state index contributed by atoms with van der Waals surface area (Å²) in [5.74, 6) is 1.11. The van der Waals surface area contributed by atoms with E-state index in [2.05, 4.69) is 31.2 Å². The van der Waals surface area contributed by atoms with E-state index in [9.17, 15) is 4.79 Å². The molecule has 1 heterocycles. The van der Waals surface area contributed by atoms with Crippen molar-refractivity contribution in [3.8, 4) is 17.2 Å². The molecule has 3 aromatic rings. The lowest BCUT2D eigenvalue weighted by Crippen LogP contribution is -2.09. The maximum absolute atomic E-state index is 12.6. The molecule has 0 bridgehead atoms. The van der Waals surface area contributed by atoms with Crippen LogP contribution in [0.15, 0.2) is 60.7 Å². The average molecular weight is 418 g/mol. The zero-order valence-electron chi connectivity index (χ0n) is 17.9. The lowest BCUT2D eigenvalue weighted by atomic mass is 10.1. The first kappa shape index (κ1) is 20.8.